The summed E-state index contributed by atoms with van der Waals surface area (Å²) >= 11 is 0. The van der Waals surface area contributed by atoms with Gasteiger partial charge in [0.15, 0.2) is 0 Å². The van der Waals surface area contributed by atoms with Crippen molar-refractivity contribution in [1.82, 2.24) is 4.90 Å². The minimum Gasteiger partial charge on any atom is -0.481 e. The Labute approximate surface area is 91.5 Å². The molecule has 1 N–H and O–H groups in total. The van der Waals surface area contributed by atoms with Gasteiger partial charge in [-0.05, 0) is 31.7 Å². The summed E-state index contributed by atoms with van der Waals surface area (Å²) < 4.78 is 0. The maximum absolute atomic E-state index is 10.8. The summed E-state index contributed by atoms with van der Waals surface area (Å²) in [6.07, 6.45) is 7.71. The van der Waals surface area contributed by atoms with Gasteiger partial charge in [-0.1, -0.05) is 19.3 Å². The number of hydrogen-bond acceptors (Lipinski definition) is 2. The van der Waals surface area contributed by atoms with Crippen LogP contribution in [0.1, 0.15) is 38.5 Å². The fraction of sp³-hybridized carbons (Fsp3) is 0.917. The van der Waals surface area contributed by atoms with Crippen LogP contribution in [0.5, 0.6) is 0 Å². The van der Waals surface area contributed by atoms with Crippen LogP contribution in [0.4, 0.5) is 0 Å². The zero-order valence-electron chi connectivity index (χ0n) is 9.32. The van der Waals surface area contributed by atoms with Crippen LogP contribution in [0.15, 0.2) is 0 Å². The molecule has 3 nitrogen and oxygen atoms in total. The Balaban J connectivity index is 1.74. The Morgan fingerprint density at radius 3 is 2.53 bits per heavy atom. The average molecular weight is 211 g/mol. The van der Waals surface area contributed by atoms with Crippen LogP contribution in [-0.4, -0.2) is 35.6 Å². The molecule has 1 atom stereocenters. The molecule has 15 heavy (non-hydrogen) atoms. The highest BCUT2D eigenvalue weighted by molar-refractivity contribution is 5.70. The van der Waals surface area contributed by atoms with Crippen molar-refractivity contribution in [3.05, 3.63) is 0 Å². The molecule has 1 aliphatic heterocycles. The lowest BCUT2D eigenvalue weighted by Gasteiger charge is -2.26. The largest absolute Gasteiger partial charge is 0.481 e. The fourth-order valence-corrected chi connectivity index (χ4v) is 2.93. The molecule has 2 rings (SSSR count). The predicted molar refractivity (Wildman–Crippen MR) is 58.8 cm³/mol. The van der Waals surface area contributed by atoms with Gasteiger partial charge in [0, 0.05) is 13.1 Å². The second-order valence-electron chi connectivity index (χ2n) is 5.09. The first kappa shape index (κ1) is 10.9. The molecule has 3 heteroatoms. The highest BCUT2D eigenvalue weighted by Crippen LogP contribution is 2.26. The third-order valence-electron chi connectivity index (χ3n) is 3.86. The SMILES string of the molecule is O=C(O)C1CCN(CC2CCCCC2)C1. The van der Waals surface area contributed by atoms with E-state index in [0.29, 0.717) is 0 Å². The second kappa shape index (κ2) is 4.97. The van der Waals surface area contributed by atoms with E-state index >= 15 is 0 Å². The van der Waals surface area contributed by atoms with Crippen molar-refractivity contribution >= 4 is 5.97 Å². The molecule has 1 saturated carbocycles. The van der Waals surface area contributed by atoms with Crippen molar-refractivity contribution < 1.29 is 9.90 Å². The molecule has 0 amide bonds. The molecular formula is C12H21NO2. The fourth-order valence-electron chi connectivity index (χ4n) is 2.93. The first-order valence-electron chi connectivity index (χ1n) is 6.21. The van der Waals surface area contributed by atoms with Gasteiger partial charge in [-0.15, -0.1) is 0 Å². The van der Waals surface area contributed by atoms with E-state index in [1.54, 1.807) is 0 Å². The Morgan fingerprint density at radius 1 is 1.20 bits per heavy atom. The molecule has 0 aromatic rings. The number of carboxylic acid groups (broad SMARTS) is 1. The highest BCUT2D eigenvalue weighted by atomic mass is 16.4. The standard InChI is InChI=1S/C12H21NO2/c14-12(15)11-6-7-13(9-11)8-10-4-2-1-3-5-10/h10-11H,1-9H2,(H,14,15). The summed E-state index contributed by atoms with van der Waals surface area (Å²) in [7, 11) is 0. The van der Waals surface area contributed by atoms with E-state index in [1.165, 1.54) is 32.1 Å². The Bertz CT molecular complexity index is 224. The number of nitrogens with zero attached hydrogens (tertiary/aromatic N) is 1. The monoisotopic (exact) mass is 211 g/mol. The summed E-state index contributed by atoms with van der Waals surface area (Å²) in [5.41, 5.74) is 0. The Kier molecular flexibility index (Phi) is 3.62. The smallest absolute Gasteiger partial charge is 0.307 e. The molecule has 1 heterocycles. The summed E-state index contributed by atoms with van der Waals surface area (Å²) in [6.45, 7) is 2.92. The topological polar surface area (TPSA) is 40.5 Å². The lowest BCUT2D eigenvalue weighted by Crippen LogP contribution is -2.29. The lowest BCUT2D eigenvalue weighted by atomic mass is 9.89. The van der Waals surface area contributed by atoms with Crippen LogP contribution >= 0.6 is 0 Å². The quantitative estimate of drug-likeness (QED) is 0.776. The number of rotatable bonds is 3. The zero-order chi connectivity index (χ0) is 10.7. The molecule has 0 aromatic carbocycles. The highest BCUT2D eigenvalue weighted by Gasteiger charge is 2.29. The number of carbonyl (C=O) groups is 1. The molecule has 1 unspecified atom stereocenters. The van der Waals surface area contributed by atoms with E-state index in [1.807, 2.05) is 0 Å². The van der Waals surface area contributed by atoms with Gasteiger partial charge in [0.2, 0.25) is 0 Å². The molecule has 0 bridgehead atoms. The third-order valence-corrected chi connectivity index (χ3v) is 3.86. The lowest BCUT2D eigenvalue weighted by molar-refractivity contribution is -0.141. The van der Waals surface area contributed by atoms with Crippen molar-refractivity contribution in [2.45, 2.75) is 38.5 Å². The first-order chi connectivity index (χ1) is 7.25. The van der Waals surface area contributed by atoms with Crippen molar-refractivity contribution in [2.75, 3.05) is 19.6 Å². The molecule has 2 aliphatic rings. The molecule has 0 radical (unpaired) electrons. The van der Waals surface area contributed by atoms with Gasteiger partial charge in [-0.3, -0.25) is 4.79 Å². The first-order valence-corrected chi connectivity index (χ1v) is 6.21. The Hall–Kier alpha value is -0.570. The molecule has 1 saturated heterocycles. The second-order valence-corrected chi connectivity index (χ2v) is 5.09. The average Bonchev–Trinajstić information content (AvgIpc) is 2.68. The van der Waals surface area contributed by atoms with Crippen LogP contribution in [0, 0.1) is 11.8 Å². The minimum absolute atomic E-state index is 0.103. The number of likely N-dealkylation sites (tertiary alicyclic amines) is 1. The van der Waals surface area contributed by atoms with Gasteiger partial charge < -0.3 is 10.0 Å². The van der Waals surface area contributed by atoms with Gasteiger partial charge in [0.25, 0.3) is 0 Å². The predicted octanol–water partition coefficient (Wildman–Crippen LogP) is 1.97. The number of carboxylic acids is 1. The molecule has 86 valence electrons. The normalized spacial score (nSPS) is 29.5. The van der Waals surface area contributed by atoms with Crippen LogP contribution in [0.25, 0.3) is 0 Å². The van der Waals surface area contributed by atoms with Gasteiger partial charge in [-0.2, -0.15) is 0 Å². The van der Waals surface area contributed by atoms with Gasteiger partial charge in [0.1, 0.15) is 0 Å². The number of hydrogen-bond donors (Lipinski definition) is 1. The van der Waals surface area contributed by atoms with Crippen molar-refractivity contribution in [3.63, 3.8) is 0 Å². The van der Waals surface area contributed by atoms with Crippen molar-refractivity contribution in [3.8, 4) is 0 Å². The molecule has 0 aromatic heterocycles. The van der Waals surface area contributed by atoms with E-state index in [-0.39, 0.29) is 5.92 Å². The van der Waals surface area contributed by atoms with Gasteiger partial charge in [-0.25, -0.2) is 0 Å². The Morgan fingerprint density at radius 2 is 1.93 bits per heavy atom. The minimum atomic E-state index is -0.610. The van der Waals surface area contributed by atoms with E-state index in [2.05, 4.69) is 4.90 Å². The van der Waals surface area contributed by atoms with Crippen molar-refractivity contribution in [1.29, 1.82) is 0 Å². The van der Waals surface area contributed by atoms with E-state index in [0.717, 1.165) is 32.0 Å². The maximum atomic E-state index is 10.8. The number of aliphatic carboxylic acids is 1. The summed E-state index contributed by atoms with van der Waals surface area (Å²) in [5.74, 6) is 0.126. The van der Waals surface area contributed by atoms with Crippen LogP contribution in [0.3, 0.4) is 0 Å². The van der Waals surface area contributed by atoms with Gasteiger partial charge in [0.05, 0.1) is 5.92 Å². The molecule has 1 aliphatic carbocycles. The van der Waals surface area contributed by atoms with E-state index < -0.39 is 5.97 Å². The zero-order valence-corrected chi connectivity index (χ0v) is 9.32. The van der Waals surface area contributed by atoms with E-state index in [9.17, 15) is 4.79 Å². The third kappa shape index (κ3) is 2.94. The van der Waals surface area contributed by atoms with E-state index in [4.69, 9.17) is 5.11 Å². The molecular weight excluding hydrogens is 190 g/mol. The molecule has 0 spiro atoms. The maximum Gasteiger partial charge on any atom is 0.307 e. The molecule has 2 fully saturated rings. The summed E-state index contributed by atoms with van der Waals surface area (Å²) in [4.78, 5) is 13.2. The van der Waals surface area contributed by atoms with Crippen LogP contribution < -0.4 is 0 Å². The summed E-state index contributed by atoms with van der Waals surface area (Å²) in [5, 5.41) is 8.91. The van der Waals surface area contributed by atoms with Crippen LogP contribution in [-0.2, 0) is 4.79 Å². The van der Waals surface area contributed by atoms with Crippen molar-refractivity contribution in [2.24, 2.45) is 11.8 Å². The van der Waals surface area contributed by atoms with Crippen LogP contribution in [0.2, 0.25) is 0 Å². The van der Waals surface area contributed by atoms with Gasteiger partial charge >= 0.3 is 5.97 Å². The summed E-state index contributed by atoms with van der Waals surface area (Å²) in [6, 6.07) is 0.